The number of anilines is 2. The summed E-state index contributed by atoms with van der Waals surface area (Å²) in [7, 11) is 0. The summed E-state index contributed by atoms with van der Waals surface area (Å²) in [5, 5.41) is 2.73. The number of benzene rings is 2. The molecule has 0 aliphatic carbocycles. The molecular weight excluding hydrogens is 351 g/mol. The van der Waals surface area contributed by atoms with Crippen LogP contribution in [0.3, 0.4) is 0 Å². The predicted octanol–water partition coefficient (Wildman–Crippen LogP) is 3.09. The van der Waals surface area contributed by atoms with Crippen molar-refractivity contribution >= 4 is 23.3 Å². The summed E-state index contributed by atoms with van der Waals surface area (Å²) < 4.78 is 23.5. The van der Waals surface area contributed by atoms with Crippen molar-refractivity contribution in [2.24, 2.45) is 0 Å². The molecule has 0 unspecified atom stereocenters. The van der Waals surface area contributed by atoms with Gasteiger partial charge in [0.05, 0.1) is 31.1 Å². The molecule has 142 valence electrons. The molecule has 7 heteroatoms. The zero-order valence-electron chi connectivity index (χ0n) is 15.0. The van der Waals surface area contributed by atoms with Crippen LogP contribution in [-0.4, -0.2) is 44.8 Å². The first-order valence-corrected chi connectivity index (χ1v) is 8.79. The SMILES string of the molecule is CCOC(=O)c1cc(NC(=O)c2ccc(F)cc2)ccc1N1CCOCC1. The van der Waals surface area contributed by atoms with Crippen molar-refractivity contribution in [3.8, 4) is 0 Å². The third kappa shape index (κ3) is 4.62. The first-order chi connectivity index (χ1) is 13.1. The second-order valence-electron chi connectivity index (χ2n) is 6.01. The third-order valence-corrected chi connectivity index (χ3v) is 4.21. The van der Waals surface area contributed by atoms with Crippen LogP contribution in [0.1, 0.15) is 27.6 Å². The van der Waals surface area contributed by atoms with Gasteiger partial charge in [0.1, 0.15) is 5.82 Å². The Balaban J connectivity index is 1.85. The number of rotatable bonds is 5. The quantitative estimate of drug-likeness (QED) is 0.817. The van der Waals surface area contributed by atoms with Gasteiger partial charge in [-0.25, -0.2) is 9.18 Å². The van der Waals surface area contributed by atoms with Crippen LogP contribution in [0.15, 0.2) is 42.5 Å². The summed E-state index contributed by atoms with van der Waals surface area (Å²) >= 11 is 0. The normalized spacial score (nSPS) is 13.9. The molecular formula is C20H21FN2O4. The van der Waals surface area contributed by atoms with Crippen molar-refractivity contribution in [2.45, 2.75) is 6.92 Å². The lowest BCUT2D eigenvalue weighted by Gasteiger charge is -2.30. The predicted molar refractivity (Wildman–Crippen MR) is 99.8 cm³/mol. The van der Waals surface area contributed by atoms with E-state index in [1.54, 1.807) is 25.1 Å². The van der Waals surface area contributed by atoms with Gasteiger partial charge in [-0.3, -0.25) is 4.79 Å². The maximum atomic E-state index is 13.0. The zero-order valence-corrected chi connectivity index (χ0v) is 15.0. The number of carbonyl (C=O) groups excluding carboxylic acids is 2. The average molecular weight is 372 g/mol. The molecule has 0 radical (unpaired) electrons. The van der Waals surface area contributed by atoms with Gasteiger partial charge in [0.25, 0.3) is 5.91 Å². The third-order valence-electron chi connectivity index (χ3n) is 4.21. The number of hydrogen-bond donors (Lipinski definition) is 1. The van der Waals surface area contributed by atoms with Crippen LogP contribution in [0.5, 0.6) is 0 Å². The van der Waals surface area contributed by atoms with Gasteiger partial charge >= 0.3 is 5.97 Å². The Kier molecular flexibility index (Phi) is 6.03. The first-order valence-electron chi connectivity index (χ1n) is 8.79. The van der Waals surface area contributed by atoms with Gasteiger partial charge in [-0.1, -0.05) is 0 Å². The van der Waals surface area contributed by atoms with E-state index in [4.69, 9.17) is 9.47 Å². The highest BCUT2D eigenvalue weighted by atomic mass is 19.1. The molecule has 0 aromatic heterocycles. The van der Waals surface area contributed by atoms with Gasteiger partial charge in [0.2, 0.25) is 0 Å². The number of morpholine rings is 1. The van der Waals surface area contributed by atoms with Gasteiger partial charge in [0, 0.05) is 24.3 Å². The molecule has 1 aliphatic rings. The van der Waals surface area contributed by atoms with E-state index in [2.05, 4.69) is 10.2 Å². The summed E-state index contributed by atoms with van der Waals surface area (Å²) in [6.07, 6.45) is 0. The molecule has 1 fully saturated rings. The topological polar surface area (TPSA) is 67.9 Å². The van der Waals surface area contributed by atoms with Crippen LogP contribution in [-0.2, 0) is 9.47 Å². The second-order valence-corrected chi connectivity index (χ2v) is 6.01. The molecule has 3 rings (SSSR count). The molecule has 0 spiro atoms. The Hall–Kier alpha value is -2.93. The molecule has 0 atom stereocenters. The molecule has 1 N–H and O–H groups in total. The summed E-state index contributed by atoms with van der Waals surface area (Å²) in [5.74, 6) is -1.24. The van der Waals surface area contributed by atoms with Gasteiger partial charge in [-0.15, -0.1) is 0 Å². The maximum Gasteiger partial charge on any atom is 0.340 e. The van der Waals surface area contributed by atoms with Crippen LogP contribution in [0.4, 0.5) is 15.8 Å². The molecule has 1 heterocycles. The summed E-state index contributed by atoms with van der Waals surface area (Å²) in [6, 6.07) is 10.4. The lowest BCUT2D eigenvalue weighted by Crippen LogP contribution is -2.37. The van der Waals surface area contributed by atoms with E-state index >= 15 is 0 Å². The van der Waals surface area contributed by atoms with E-state index in [-0.39, 0.29) is 12.5 Å². The first kappa shape index (κ1) is 18.8. The number of esters is 1. The highest BCUT2D eigenvalue weighted by molar-refractivity contribution is 6.05. The van der Waals surface area contributed by atoms with Crippen LogP contribution in [0.2, 0.25) is 0 Å². The number of amides is 1. The lowest BCUT2D eigenvalue weighted by molar-refractivity contribution is 0.0526. The monoisotopic (exact) mass is 372 g/mol. The van der Waals surface area contributed by atoms with Crippen molar-refractivity contribution in [1.29, 1.82) is 0 Å². The van der Waals surface area contributed by atoms with E-state index in [1.807, 2.05) is 0 Å². The number of ether oxygens (including phenoxy) is 2. The van der Waals surface area contributed by atoms with E-state index in [0.29, 0.717) is 43.1 Å². The fraction of sp³-hybridized carbons (Fsp3) is 0.300. The summed E-state index contributed by atoms with van der Waals surface area (Å²) in [4.78, 5) is 26.8. The standard InChI is InChI=1S/C20H21FN2O4/c1-2-27-20(25)17-13-16(7-8-18(17)23-9-11-26-12-10-23)22-19(24)14-3-5-15(21)6-4-14/h3-8,13H,2,9-12H2,1H3,(H,22,24). The second kappa shape index (κ2) is 8.64. The highest BCUT2D eigenvalue weighted by Crippen LogP contribution is 2.26. The van der Waals surface area contributed by atoms with Crippen molar-refractivity contribution < 1.29 is 23.5 Å². The average Bonchev–Trinajstić information content (AvgIpc) is 2.69. The molecule has 1 amide bonds. The zero-order chi connectivity index (χ0) is 19.2. The molecule has 0 bridgehead atoms. The number of nitrogens with one attached hydrogen (secondary N) is 1. The molecule has 0 saturated carbocycles. The van der Waals surface area contributed by atoms with Crippen LogP contribution < -0.4 is 10.2 Å². The van der Waals surface area contributed by atoms with Crippen LogP contribution in [0.25, 0.3) is 0 Å². The fourth-order valence-electron chi connectivity index (χ4n) is 2.87. The summed E-state index contributed by atoms with van der Waals surface area (Å²) in [6.45, 7) is 4.53. The van der Waals surface area contributed by atoms with Gasteiger partial charge < -0.3 is 19.7 Å². The highest BCUT2D eigenvalue weighted by Gasteiger charge is 2.21. The molecule has 2 aromatic rings. The summed E-state index contributed by atoms with van der Waals surface area (Å²) in [5.41, 5.74) is 1.92. The van der Waals surface area contributed by atoms with E-state index in [1.165, 1.54) is 24.3 Å². The number of hydrogen-bond acceptors (Lipinski definition) is 5. The Morgan fingerprint density at radius 2 is 1.85 bits per heavy atom. The number of nitrogens with zero attached hydrogens (tertiary/aromatic N) is 1. The van der Waals surface area contributed by atoms with Crippen molar-refractivity contribution in [1.82, 2.24) is 0 Å². The molecule has 1 aliphatic heterocycles. The Labute approximate surface area is 156 Å². The van der Waals surface area contributed by atoms with Crippen LogP contribution in [0, 0.1) is 5.82 Å². The Morgan fingerprint density at radius 1 is 1.15 bits per heavy atom. The van der Waals surface area contributed by atoms with Crippen molar-refractivity contribution in [3.05, 3.63) is 59.4 Å². The number of carbonyl (C=O) groups is 2. The van der Waals surface area contributed by atoms with Gasteiger partial charge in [-0.05, 0) is 49.4 Å². The number of halogens is 1. The maximum absolute atomic E-state index is 13.0. The minimum Gasteiger partial charge on any atom is -0.462 e. The minimum atomic E-state index is -0.447. The van der Waals surface area contributed by atoms with Gasteiger partial charge in [-0.2, -0.15) is 0 Å². The fourth-order valence-corrected chi connectivity index (χ4v) is 2.87. The molecule has 1 saturated heterocycles. The molecule has 2 aromatic carbocycles. The van der Waals surface area contributed by atoms with E-state index < -0.39 is 11.8 Å². The molecule has 6 nitrogen and oxygen atoms in total. The minimum absolute atomic E-state index is 0.257. The van der Waals surface area contributed by atoms with Crippen molar-refractivity contribution in [2.75, 3.05) is 43.1 Å². The Morgan fingerprint density at radius 3 is 2.52 bits per heavy atom. The smallest absolute Gasteiger partial charge is 0.340 e. The van der Waals surface area contributed by atoms with Gasteiger partial charge in [0.15, 0.2) is 0 Å². The van der Waals surface area contributed by atoms with Crippen LogP contribution >= 0.6 is 0 Å². The molecule has 27 heavy (non-hydrogen) atoms. The van der Waals surface area contributed by atoms with E-state index in [0.717, 1.165) is 5.69 Å². The lowest BCUT2D eigenvalue weighted by atomic mass is 10.1. The van der Waals surface area contributed by atoms with E-state index in [9.17, 15) is 14.0 Å². The van der Waals surface area contributed by atoms with Crippen molar-refractivity contribution in [3.63, 3.8) is 0 Å². The Bertz CT molecular complexity index is 817. The largest absolute Gasteiger partial charge is 0.462 e.